The van der Waals surface area contributed by atoms with Crippen molar-refractivity contribution >= 4 is 17.2 Å². The van der Waals surface area contributed by atoms with Gasteiger partial charge >= 0.3 is 0 Å². The number of nitrogens with one attached hydrogen (secondary N) is 1. The Labute approximate surface area is 106 Å². The summed E-state index contributed by atoms with van der Waals surface area (Å²) in [5.41, 5.74) is 1.06. The topological polar surface area (TPSA) is 58.6 Å². The van der Waals surface area contributed by atoms with E-state index in [9.17, 15) is 4.79 Å². The van der Waals surface area contributed by atoms with Gasteiger partial charge in [-0.1, -0.05) is 6.92 Å². The van der Waals surface area contributed by atoms with E-state index < -0.39 is 0 Å². The van der Waals surface area contributed by atoms with Crippen LogP contribution in [0.1, 0.15) is 28.6 Å². The summed E-state index contributed by atoms with van der Waals surface area (Å²) < 4.78 is 5.01. The first-order valence-electron chi connectivity index (χ1n) is 5.69. The third-order valence-electron chi connectivity index (χ3n) is 2.51. The molecule has 96 valence electrons. The number of amides is 1. The summed E-state index contributed by atoms with van der Waals surface area (Å²) in [7, 11) is 1.58. The monoisotopic (exact) mass is 257 g/mol. The highest BCUT2D eigenvalue weighted by molar-refractivity contribution is 7.12. The van der Waals surface area contributed by atoms with E-state index >= 15 is 0 Å². The average Bonchev–Trinajstić information content (AvgIpc) is 2.77. The molecular weight excluding hydrogens is 238 g/mol. The van der Waals surface area contributed by atoms with Crippen LogP contribution in [-0.2, 0) is 11.2 Å². The first-order chi connectivity index (χ1) is 8.22. The number of aliphatic hydroxyl groups excluding tert-OH is 1. The van der Waals surface area contributed by atoms with Gasteiger partial charge in [-0.2, -0.15) is 0 Å². The zero-order valence-electron chi connectivity index (χ0n) is 10.2. The molecule has 5 heteroatoms. The van der Waals surface area contributed by atoms with Gasteiger partial charge in [0.05, 0.1) is 17.5 Å². The summed E-state index contributed by atoms with van der Waals surface area (Å²) in [5, 5.41) is 13.7. The maximum absolute atomic E-state index is 12.0. The van der Waals surface area contributed by atoms with Crippen molar-refractivity contribution in [2.45, 2.75) is 25.8 Å². The number of hydrogen-bond acceptors (Lipinski definition) is 4. The van der Waals surface area contributed by atoms with Gasteiger partial charge in [-0.05, 0) is 29.9 Å². The summed E-state index contributed by atoms with van der Waals surface area (Å²) in [5.74, 6) is -0.0765. The number of carbonyl (C=O) groups is 1. The third kappa shape index (κ3) is 4.11. The second-order valence-corrected chi connectivity index (χ2v) is 4.68. The molecule has 1 aromatic heterocycles. The lowest BCUT2D eigenvalue weighted by Gasteiger charge is -2.16. The number of hydrogen-bond donors (Lipinski definition) is 2. The molecule has 4 nitrogen and oxygen atoms in total. The lowest BCUT2D eigenvalue weighted by atomic mass is 10.2. The van der Waals surface area contributed by atoms with Crippen LogP contribution in [0.25, 0.3) is 0 Å². The van der Waals surface area contributed by atoms with E-state index in [1.807, 2.05) is 18.4 Å². The molecule has 0 aromatic carbocycles. The summed E-state index contributed by atoms with van der Waals surface area (Å²) >= 11 is 1.45. The van der Waals surface area contributed by atoms with Crippen molar-refractivity contribution in [3.05, 3.63) is 21.9 Å². The fourth-order valence-corrected chi connectivity index (χ4v) is 2.52. The van der Waals surface area contributed by atoms with Crippen LogP contribution in [0.5, 0.6) is 0 Å². The molecular formula is C12H19NO3S. The molecule has 1 rings (SSSR count). The van der Waals surface area contributed by atoms with E-state index in [4.69, 9.17) is 9.84 Å². The zero-order chi connectivity index (χ0) is 12.7. The summed E-state index contributed by atoms with van der Waals surface area (Å²) in [6.45, 7) is 2.48. The van der Waals surface area contributed by atoms with Gasteiger partial charge in [-0.25, -0.2) is 0 Å². The van der Waals surface area contributed by atoms with Crippen LogP contribution >= 0.6 is 11.3 Å². The molecule has 1 aromatic rings. The van der Waals surface area contributed by atoms with Gasteiger partial charge in [0.15, 0.2) is 0 Å². The van der Waals surface area contributed by atoms with Crippen molar-refractivity contribution in [2.24, 2.45) is 0 Å². The Morgan fingerprint density at radius 1 is 1.65 bits per heavy atom. The predicted molar refractivity (Wildman–Crippen MR) is 68.5 cm³/mol. The minimum atomic E-state index is -0.135. The van der Waals surface area contributed by atoms with Crippen molar-refractivity contribution in [2.75, 3.05) is 20.3 Å². The number of thiophene rings is 1. The van der Waals surface area contributed by atoms with Crippen molar-refractivity contribution in [3.8, 4) is 0 Å². The molecule has 0 bridgehead atoms. The number of aryl methyl sites for hydroxylation is 1. The first-order valence-corrected chi connectivity index (χ1v) is 6.57. The molecule has 0 spiro atoms. The molecule has 0 saturated carbocycles. The molecule has 0 saturated heterocycles. The number of ether oxygens (including phenoxy) is 1. The van der Waals surface area contributed by atoms with Gasteiger partial charge in [-0.15, -0.1) is 11.3 Å². The second kappa shape index (κ2) is 7.42. The van der Waals surface area contributed by atoms with Crippen molar-refractivity contribution in [1.29, 1.82) is 0 Å². The van der Waals surface area contributed by atoms with Crippen molar-refractivity contribution < 1.29 is 14.6 Å². The predicted octanol–water partition coefficient (Wildman–Crippen LogP) is 1.44. The highest BCUT2D eigenvalue weighted by atomic mass is 32.1. The Balaban J connectivity index is 2.63. The molecule has 1 atom stereocenters. The van der Waals surface area contributed by atoms with Crippen LogP contribution in [0.4, 0.5) is 0 Å². The molecule has 0 radical (unpaired) electrons. The molecule has 0 aliphatic carbocycles. The van der Waals surface area contributed by atoms with E-state index in [0.717, 1.165) is 16.9 Å². The SMILES string of the molecule is CCc1ccsc1C(=O)NC(CCO)COC. The maximum atomic E-state index is 12.0. The van der Waals surface area contributed by atoms with Gasteiger partial charge in [0.2, 0.25) is 0 Å². The fraction of sp³-hybridized carbons (Fsp3) is 0.583. The minimum absolute atomic E-state index is 0.0411. The number of aliphatic hydroxyl groups is 1. The lowest BCUT2D eigenvalue weighted by molar-refractivity contribution is 0.0882. The highest BCUT2D eigenvalue weighted by Gasteiger charge is 2.16. The summed E-state index contributed by atoms with van der Waals surface area (Å²) in [4.78, 5) is 12.8. The van der Waals surface area contributed by atoms with E-state index in [1.54, 1.807) is 7.11 Å². The largest absolute Gasteiger partial charge is 0.396 e. The van der Waals surface area contributed by atoms with Gasteiger partial charge in [0.25, 0.3) is 5.91 Å². The Hall–Kier alpha value is -0.910. The first kappa shape index (κ1) is 14.2. The van der Waals surface area contributed by atoms with Crippen molar-refractivity contribution in [1.82, 2.24) is 5.32 Å². The van der Waals surface area contributed by atoms with Crippen LogP contribution in [0.15, 0.2) is 11.4 Å². The number of carbonyl (C=O) groups excluding carboxylic acids is 1. The second-order valence-electron chi connectivity index (χ2n) is 3.77. The number of rotatable bonds is 7. The molecule has 17 heavy (non-hydrogen) atoms. The molecule has 0 aliphatic rings. The molecule has 1 amide bonds. The fourth-order valence-electron chi connectivity index (χ4n) is 1.62. The highest BCUT2D eigenvalue weighted by Crippen LogP contribution is 2.17. The van der Waals surface area contributed by atoms with Crippen LogP contribution in [0.2, 0.25) is 0 Å². The van der Waals surface area contributed by atoms with Crippen LogP contribution in [-0.4, -0.2) is 37.4 Å². The lowest BCUT2D eigenvalue weighted by Crippen LogP contribution is -2.38. The molecule has 0 aliphatic heterocycles. The summed E-state index contributed by atoms with van der Waals surface area (Å²) in [6.07, 6.45) is 1.35. The molecule has 0 fully saturated rings. The van der Waals surface area contributed by atoms with E-state index in [1.165, 1.54) is 11.3 Å². The average molecular weight is 257 g/mol. The number of methoxy groups -OCH3 is 1. The standard InChI is InChI=1S/C12H19NO3S/c1-3-9-5-7-17-11(9)12(15)13-10(4-6-14)8-16-2/h5,7,10,14H,3-4,6,8H2,1-2H3,(H,13,15). The third-order valence-corrected chi connectivity index (χ3v) is 3.47. The quantitative estimate of drug-likeness (QED) is 0.777. The van der Waals surface area contributed by atoms with Crippen LogP contribution in [0, 0.1) is 0 Å². The van der Waals surface area contributed by atoms with Crippen molar-refractivity contribution in [3.63, 3.8) is 0 Å². The Morgan fingerprint density at radius 2 is 2.41 bits per heavy atom. The van der Waals surface area contributed by atoms with E-state index in [-0.39, 0.29) is 18.6 Å². The molecule has 1 unspecified atom stereocenters. The zero-order valence-corrected chi connectivity index (χ0v) is 11.0. The normalized spacial score (nSPS) is 12.4. The maximum Gasteiger partial charge on any atom is 0.261 e. The Morgan fingerprint density at radius 3 is 3.00 bits per heavy atom. The summed E-state index contributed by atoms with van der Waals surface area (Å²) in [6, 6.07) is 1.83. The molecule has 2 N–H and O–H groups in total. The van der Waals surface area contributed by atoms with Crippen LogP contribution in [0.3, 0.4) is 0 Å². The smallest absolute Gasteiger partial charge is 0.261 e. The Kier molecular flexibility index (Phi) is 6.18. The van der Waals surface area contributed by atoms with E-state index in [2.05, 4.69) is 5.32 Å². The van der Waals surface area contributed by atoms with Crippen LogP contribution < -0.4 is 5.32 Å². The molecule has 1 heterocycles. The Bertz CT molecular complexity index is 345. The van der Waals surface area contributed by atoms with Gasteiger partial charge in [0.1, 0.15) is 0 Å². The van der Waals surface area contributed by atoms with Gasteiger partial charge in [-0.3, -0.25) is 4.79 Å². The van der Waals surface area contributed by atoms with E-state index in [0.29, 0.717) is 13.0 Å². The van der Waals surface area contributed by atoms with Gasteiger partial charge in [0, 0.05) is 13.7 Å². The van der Waals surface area contributed by atoms with Gasteiger partial charge < -0.3 is 15.2 Å². The minimum Gasteiger partial charge on any atom is -0.396 e.